The molecule has 0 aliphatic rings. The average molecular weight is 392 g/mol. The molecule has 5 nitrogen and oxygen atoms in total. The summed E-state index contributed by atoms with van der Waals surface area (Å²) in [6, 6.07) is 10.9. The molecule has 3 rings (SSSR count). The number of hydrogen-bond acceptors (Lipinski definition) is 3. The van der Waals surface area contributed by atoms with E-state index in [0.717, 1.165) is 20.0 Å². The molecule has 2 aromatic heterocycles. The lowest BCUT2D eigenvalue weighted by molar-refractivity contribution is 0.0951. The van der Waals surface area contributed by atoms with Crippen LogP contribution in [-0.4, -0.2) is 15.5 Å². The van der Waals surface area contributed by atoms with E-state index >= 15 is 0 Å². The molecule has 7 heteroatoms. The van der Waals surface area contributed by atoms with E-state index in [-0.39, 0.29) is 11.6 Å². The van der Waals surface area contributed by atoms with Crippen LogP contribution < -0.4 is 11.0 Å². The van der Waals surface area contributed by atoms with Crippen molar-refractivity contribution in [2.24, 2.45) is 0 Å². The second-order valence-electron chi connectivity index (χ2n) is 5.01. The number of hydrogen-bond donors (Lipinski definition) is 2. The van der Waals surface area contributed by atoms with Gasteiger partial charge in [0.1, 0.15) is 0 Å². The molecule has 2 heterocycles. The third-order valence-corrected chi connectivity index (χ3v) is 5.02. The molecule has 0 spiro atoms. The van der Waals surface area contributed by atoms with Crippen molar-refractivity contribution in [1.82, 2.24) is 14.9 Å². The Kier molecular flexibility index (Phi) is 4.49. The predicted octanol–water partition coefficient (Wildman–Crippen LogP) is 3.23. The van der Waals surface area contributed by atoms with Gasteiger partial charge in [0.15, 0.2) is 0 Å². The minimum absolute atomic E-state index is 0.140. The summed E-state index contributed by atoms with van der Waals surface area (Å²) in [5.74, 6) is -0.140. The second kappa shape index (κ2) is 6.55. The molecular formula is C16H14BrN3O2S. The second-order valence-corrected chi connectivity index (χ2v) is 7.55. The largest absolute Gasteiger partial charge is 0.347 e. The molecule has 1 aromatic carbocycles. The Morgan fingerprint density at radius 2 is 2.00 bits per heavy atom. The third-order valence-electron chi connectivity index (χ3n) is 3.40. The Morgan fingerprint density at radius 1 is 1.26 bits per heavy atom. The number of aromatic nitrogens is 2. The van der Waals surface area contributed by atoms with E-state index in [1.807, 2.05) is 19.1 Å². The summed E-state index contributed by atoms with van der Waals surface area (Å²) in [6.45, 7) is 2.34. The highest BCUT2D eigenvalue weighted by Gasteiger charge is 2.08. The number of amides is 1. The van der Waals surface area contributed by atoms with Crippen LogP contribution in [0.4, 0.5) is 0 Å². The van der Waals surface area contributed by atoms with Gasteiger partial charge in [0.25, 0.3) is 5.91 Å². The number of imidazole rings is 1. The van der Waals surface area contributed by atoms with E-state index in [1.165, 1.54) is 0 Å². The molecule has 0 saturated carbocycles. The fourth-order valence-electron chi connectivity index (χ4n) is 2.25. The van der Waals surface area contributed by atoms with Crippen LogP contribution in [0.5, 0.6) is 0 Å². The summed E-state index contributed by atoms with van der Waals surface area (Å²) >= 11 is 4.99. The molecule has 0 radical (unpaired) electrons. The topological polar surface area (TPSA) is 66.9 Å². The minimum Gasteiger partial charge on any atom is -0.347 e. The van der Waals surface area contributed by atoms with Crippen molar-refractivity contribution in [2.45, 2.75) is 13.5 Å². The number of carbonyl (C=O) groups is 1. The fraction of sp³-hybridized carbons (Fsp3) is 0.125. The maximum atomic E-state index is 12.2. The van der Waals surface area contributed by atoms with Gasteiger partial charge in [0.2, 0.25) is 0 Å². The van der Waals surface area contributed by atoms with Crippen LogP contribution in [0.3, 0.4) is 0 Å². The first-order chi connectivity index (χ1) is 11.0. The summed E-state index contributed by atoms with van der Waals surface area (Å²) in [7, 11) is 0. The van der Waals surface area contributed by atoms with Gasteiger partial charge in [-0.05, 0) is 59.3 Å². The standard InChI is InChI=1S/C16H14BrN3O2S/c1-10-8-19-16(22)20(10)12-4-2-11(3-5-12)15(21)18-9-13-6-7-14(17)23-13/h2-8H,9H2,1H3,(H,18,21)(H,19,22). The quantitative estimate of drug-likeness (QED) is 0.716. The Bertz CT molecular complexity index is 893. The van der Waals surface area contributed by atoms with E-state index in [0.29, 0.717) is 12.1 Å². The lowest BCUT2D eigenvalue weighted by atomic mass is 10.2. The van der Waals surface area contributed by atoms with Crippen LogP contribution in [0.1, 0.15) is 20.9 Å². The summed E-state index contributed by atoms with van der Waals surface area (Å²) in [5.41, 5.74) is 1.91. The van der Waals surface area contributed by atoms with Crippen LogP contribution >= 0.6 is 27.3 Å². The first-order valence-corrected chi connectivity index (χ1v) is 8.55. The number of nitrogens with one attached hydrogen (secondary N) is 2. The summed E-state index contributed by atoms with van der Waals surface area (Å²) in [6.07, 6.45) is 1.65. The Labute approximate surface area is 145 Å². The monoisotopic (exact) mass is 391 g/mol. The highest BCUT2D eigenvalue weighted by molar-refractivity contribution is 9.11. The van der Waals surface area contributed by atoms with Gasteiger partial charge in [-0.2, -0.15) is 0 Å². The van der Waals surface area contributed by atoms with Gasteiger partial charge in [-0.3, -0.25) is 9.36 Å². The van der Waals surface area contributed by atoms with Crippen LogP contribution in [0.2, 0.25) is 0 Å². The lowest BCUT2D eigenvalue weighted by Gasteiger charge is -2.07. The molecule has 0 aliphatic carbocycles. The number of carbonyl (C=O) groups excluding carboxylic acids is 1. The molecule has 1 amide bonds. The van der Waals surface area contributed by atoms with E-state index in [4.69, 9.17) is 0 Å². The molecule has 2 N–H and O–H groups in total. The zero-order valence-corrected chi connectivity index (χ0v) is 14.7. The molecule has 0 unspecified atom stereocenters. The third kappa shape index (κ3) is 3.46. The Hall–Kier alpha value is -2.12. The van der Waals surface area contributed by atoms with Gasteiger partial charge in [0, 0.05) is 22.3 Å². The minimum atomic E-state index is -0.192. The number of thiophene rings is 1. The maximum absolute atomic E-state index is 12.2. The summed E-state index contributed by atoms with van der Waals surface area (Å²) in [4.78, 5) is 27.6. The van der Waals surface area contributed by atoms with Gasteiger partial charge in [0.05, 0.1) is 16.0 Å². The molecule has 0 fully saturated rings. The van der Waals surface area contributed by atoms with Crippen molar-refractivity contribution in [3.63, 3.8) is 0 Å². The molecular weight excluding hydrogens is 378 g/mol. The highest BCUT2D eigenvalue weighted by atomic mass is 79.9. The van der Waals surface area contributed by atoms with Crippen LogP contribution in [-0.2, 0) is 6.54 Å². The highest BCUT2D eigenvalue weighted by Crippen LogP contribution is 2.21. The molecule has 0 saturated heterocycles. The maximum Gasteiger partial charge on any atom is 0.330 e. The average Bonchev–Trinajstić information content (AvgIpc) is 3.11. The fourth-order valence-corrected chi connectivity index (χ4v) is 3.68. The number of rotatable bonds is 4. The van der Waals surface area contributed by atoms with Gasteiger partial charge in [-0.1, -0.05) is 0 Å². The van der Waals surface area contributed by atoms with E-state index < -0.39 is 0 Å². The van der Waals surface area contributed by atoms with Gasteiger partial charge in [-0.25, -0.2) is 4.79 Å². The lowest BCUT2D eigenvalue weighted by Crippen LogP contribution is -2.22. The number of aryl methyl sites for hydroxylation is 1. The molecule has 118 valence electrons. The van der Waals surface area contributed by atoms with Crippen LogP contribution in [0.15, 0.2) is 51.2 Å². The number of aromatic amines is 1. The number of benzene rings is 1. The van der Waals surface area contributed by atoms with Crippen LogP contribution in [0.25, 0.3) is 5.69 Å². The van der Waals surface area contributed by atoms with Crippen molar-refractivity contribution >= 4 is 33.2 Å². The van der Waals surface area contributed by atoms with E-state index in [2.05, 4.69) is 26.2 Å². The van der Waals surface area contributed by atoms with Crippen molar-refractivity contribution in [2.75, 3.05) is 0 Å². The number of halogens is 1. The number of nitrogens with zero attached hydrogens (tertiary/aromatic N) is 1. The van der Waals surface area contributed by atoms with Gasteiger partial charge < -0.3 is 10.3 Å². The molecule has 3 aromatic rings. The zero-order chi connectivity index (χ0) is 16.4. The smallest absolute Gasteiger partial charge is 0.330 e. The molecule has 0 atom stereocenters. The Morgan fingerprint density at radius 3 is 2.57 bits per heavy atom. The predicted molar refractivity (Wildman–Crippen MR) is 94.3 cm³/mol. The number of H-pyrrole nitrogens is 1. The van der Waals surface area contributed by atoms with Crippen molar-refractivity contribution < 1.29 is 4.79 Å². The normalized spacial score (nSPS) is 10.7. The molecule has 0 bridgehead atoms. The first-order valence-electron chi connectivity index (χ1n) is 6.94. The SMILES string of the molecule is Cc1c[nH]c(=O)n1-c1ccc(C(=O)NCc2ccc(Br)s2)cc1. The van der Waals surface area contributed by atoms with Crippen molar-refractivity contribution in [3.05, 3.63) is 73.0 Å². The molecule has 0 aliphatic heterocycles. The summed E-state index contributed by atoms with van der Waals surface area (Å²) < 4.78 is 2.60. The van der Waals surface area contributed by atoms with Crippen molar-refractivity contribution in [1.29, 1.82) is 0 Å². The molecule has 23 heavy (non-hydrogen) atoms. The van der Waals surface area contributed by atoms with Crippen molar-refractivity contribution in [3.8, 4) is 5.69 Å². The Balaban J connectivity index is 1.72. The first kappa shape index (κ1) is 15.8. The van der Waals surface area contributed by atoms with Gasteiger partial charge in [-0.15, -0.1) is 11.3 Å². The van der Waals surface area contributed by atoms with Crippen LogP contribution in [0, 0.1) is 6.92 Å². The van der Waals surface area contributed by atoms with Gasteiger partial charge >= 0.3 is 5.69 Å². The zero-order valence-electron chi connectivity index (χ0n) is 12.3. The summed E-state index contributed by atoms with van der Waals surface area (Å²) in [5, 5.41) is 2.88. The van der Waals surface area contributed by atoms with E-state index in [1.54, 1.807) is 46.4 Å². The van der Waals surface area contributed by atoms with E-state index in [9.17, 15) is 9.59 Å².